The summed E-state index contributed by atoms with van der Waals surface area (Å²) < 4.78 is 0. The van der Waals surface area contributed by atoms with Gasteiger partial charge in [-0.3, -0.25) is 0 Å². The molecular formula is C17H30N2. The second kappa shape index (κ2) is 7.66. The second-order valence-electron chi connectivity index (χ2n) is 6.68. The van der Waals surface area contributed by atoms with Gasteiger partial charge in [0.25, 0.3) is 0 Å². The molecular weight excluding hydrogens is 232 g/mol. The van der Waals surface area contributed by atoms with E-state index in [2.05, 4.69) is 69.5 Å². The van der Waals surface area contributed by atoms with Crippen LogP contribution in [0.3, 0.4) is 0 Å². The van der Waals surface area contributed by atoms with Crippen molar-refractivity contribution < 1.29 is 0 Å². The third-order valence-electron chi connectivity index (χ3n) is 3.17. The zero-order valence-electron chi connectivity index (χ0n) is 13.2. The average Bonchev–Trinajstić information content (AvgIpc) is 2.32. The molecule has 0 bridgehead atoms. The van der Waals surface area contributed by atoms with Crippen LogP contribution >= 0.6 is 0 Å². The first kappa shape index (κ1) is 16.2. The average molecular weight is 262 g/mol. The third kappa shape index (κ3) is 6.22. The largest absolute Gasteiger partial charge is 0.315 e. The molecule has 0 unspecified atom stereocenters. The van der Waals surface area contributed by atoms with Gasteiger partial charge in [0.05, 0.1) is 0 Å². The van der Waals surface area contributed by atoms with E-state index in [0.717, 1.165) is 32.1 Å². The van der Waals surface area contributed by atoms with Gasteiger partial charge in [0.15, 0.2) is 0 Å². The molecule has 0 aliphatic carbocycles. The highest BCUT2D eigenvalue weighted by molar-refractivity contribution is 5.32. The number of hydrogen-bond donors (Lipinski definition) is 2. The summed E-state index contributed by atoms with van der Waals surface area (Å²) in [6.45, 7) is 15.4. The van der Waals surface area contributed by atoms with Gasteiger partial charge in [-0.15, -0.1) is 0 Å². The van der Waals surface area contributed by atoms with Crippen molar-refractivity contribution in [2.45, 2.75) is 46.6 Å². The van der Waals surface area contributed by atoms with Crippen LogP contribution in [0.1, 0.15) is 45.7 Å². The summed E-state index contributed by atoms with van der Waals surface area (Å²) in [5, 5.41) is 6.98. The number of benzene rings is 1. The van der Waals surface area contributed by atoms with Crippen LogP contribution in [0.5, 0.6) is 0 Å². The van der Waals surface area contributed by atoms with Crippen LogP contribution in [0.25, 0.3) is 0 Å². The maximum Gasteiger partial charge on any atom is 0.0208 e. The highest BCUT2D eigenvalue weighted by Crippen LogP contribution is 2.25. The highest BCUT2D eigenvalue weighted by Gasteiger charge is 2.16. The molecule has 0 aliphatic heterocycles. The summed E-state index contributed by atoms with van der Waals surface area (Å²) in [5.74, 6) is 0.724. The zero-order chi connectivity index (χ0) is 14.3. The van der Waals surface area contributed by atoms with Crippen molar-refractivity contribution in [3.05, 3.63) is 35.4 Å². The molecule has 1 aromatic carbocycles. The summed E-state index contributed by atoms with van der Waals surface area (Å²) in [6, 6.07) is 8.74. The molecule has 0 saturated carbocycles. The van der Waals surface area contributed by atoms with Crippen molar-refractivity contribution in [3.8, 4) is 0 Å². The molecule has 0 saturated heterocycles. The molecule has 0 spiro atoms. The summed E-state index contributed by atoms with van der Waals surface area (Å²) >= 11 is 0. The molecule has 1 aromatic rings. The Hall–Kier alpha value is -0.860. The fourth-order valence-electron chi connectivity index (χ4n) is 2.20. The van der Waals surface area contributed by atoms with E-state index in [1.807, 2.05) is 0 Å². The van der Waals surface area contributed by atoms with E-state index in [1.165, 1.54) is 11.1 Å². The molecule has 0 fully saturated rings. The van der Waals surface area contributed by atoms with Crippen molar-refractivity contribution >= 4 is 0 Å². The quantitative estimate of drug-likeness (QED) is 0.737. The van der Waals surface area contributed by atoms with Gasteiger partial charge in [0, 0.05) is 19.6 Å². The lowest BCUT2D eigenvalue weighted by Gasteiger charge is -2.23. The van der Waals surface area contributed by atoms with Gasteiger partial charge in [-0.1, -0.05) is 58.9 Å². The summed E-state index contributed by atoms with van der Waals surface area (Å²) in [6.07, 6.45) is 0. The topological polar surface area (TPSA) is 24.1 Å². The maximum atomic E-state index is 3.53. The van der Waals surface area contributed by atoms with Crippen LogP contribution in [0.4, 0.5) is 0 Å². The normalized spacial score (nSPS) is 12.1. The minimum atomic E-state index is 0.216. The Morgan fingerprint density at radius 3 is 2.26 bits per heavy atom. The fourth-order valence-corrected chi connectivity index (χ4v) is 2.20. The van der Waals surface area contributed by atoms with Crippen LogP contribution in [-0.2, 0) is 12.0 Å². The van der Waals surface area contributed by atoms with Crippen molar-refractivity contribution in [1.82, 2.24) is 10.6 Å². The molecule has 19 heavy (non-hydrogen) atoms. The van der Waals surface area contributed by atoms with E-state index in [0.29, 0.717) is 0 Å². The lowest BCUT2D eigenvalue weighted by Crippen LogP contribution is -2.30. The first-order valence-electron chi connectivity index (χ1n) is 7.41. The van der Waals surface area contributed by atoms with Crippen LogP contribution in [0.2, 0.25) is 0 Å². The van der Waals surface area contributed by atoms with Gasteiger partial charge in [-0.25, -0.2) is 0 Å². The summed E-state index contributed by atoms with van der Waals surface area (Å²) in [5.41, 5.74) is 3.07. The van der Waals surface area contributed by atoms with Gasteiger partial charge in [-0.2, -0.15) is 0 Å². The standard InChI is InChI=1S/C17H30N2/c1-14(2)12-18-10-11-19-13-15-8-6-7-9-16(15)17(3,4)5/h6-9,14,18-19H,10-13H2,1-5H3. The first-order valence-corrected chi connectivity index (χ1v) is 7.41. The summed E-state index contributed by atoms with van der Waals surface area (Å²) in [4.78, 5) is 0. The Bertz CT molecular complexity index is 364. The molecule has 2 N–H and O–H groups in total. The van der Waals surface area contributed by atoms with Crippen molar-refractivity contribution in [2.75, 3.05) is 19.6 Å². The van der Waals surface area contributed by atoms with Crippen LogP contribution < -0.4 is 10.6 Å². The van der Waals surface area contributed by atoms with Gasteiger partial charge in [-0.05, 0) is 29.0 Å². The predicted octanol–water partition coefficient (Wildman–Crippen LogP) is 3.32. The van der Waals surface area contributed by atoms with Crippen molar-refractivity contribution in [3.63, 3.8) is 0 Å². The fraction of sp³-hybridized carbons (Fsp3) is 0.647. The monoisotopic (exact) mass is 262 g/mol. The van der Waals surface area contributed by atoms with Gasteiger partial charge >= 0.3 is 0 Å². The van der Waals surface area contributed by atoms with Crippen LogP contribution in [0, 0.1) is 5.92 Å². The molecule has 108 valence electrons. The van der Waals surface area contributed by atoms with Crippen molar-refractivity contribution in [2.24, 2.45) is 5.92 Å². The Morgan fingerprint density at radius 1 is 1.00 bits per heavy atom. The SMILES string of the molecule is CC(C)CNCCNCc1ccccc1C(C)(C)C. The van der Waals surface area contributed by atoms with E-state index in [1.54, 1.807) is 0 Å². The molecule has 0 aromatic heterocycles. The van der Waals surface area contributed by atoms with E-state index in [9.17, 15) is 0 Å². The zero-order valence-corrected chi connectivity index (χ0v) is 13.2. The molecule has 0 heterocycles. The summed E-state index contributed by atoms with van der Waals surface area (Å²) in [7, 11) is 0. The number of rotatable bonds is 7. The molecule has 2 heteroatoms. The minimum absolute atomic E-state index is 0.216. The predicted molar refractivity (Wildman–Crippen MR) is 84.6 cm³/mol. The third-order valence-corrected chi connectivity index (χ3v) is 3.17. The maximum absolute atomic E-state index is 3.53. The van der Waals surface area contributed by atoms with Gasteiger partial charge in [0.1, 0.15) is 0 Å². The van der Waals surface area contributed by atoms with E-state index < -0.39 is 0 Å². The van der Waals surface area contributed by atoms with Crippen molar-refractivity contribution in [1.29, 1.82) is 0 Å². The number of nitrogens with one attached hydrogen (secondary N) is 2. The van der Waals surface area contributed by atoms with Crippen LogP contribution in [0.15, 0.2) is 24.3 Å². The Balaban J connectivity index is 2.37. The first-order chi connectivity index (χ1) is 8.91. The van der Waals surface area contributed by atoms with Gasteiger partial charge in [0.2, 0.25) is 0 Å². The molecule has 0 amide bonds. The second-order valence-corrected chi connectivity index (χ2v) is 6.68. The molecule has 2 nitrogen and oxygen atoms in total. The highest BCUT2D eigenvalue weighted by atomic mass is 14.9. The lowest BCUT2D eigenvalue weighted by atomic mass is 9.84. The molecule has 1 rings (SSSR count). The molecule has 0 radical (unpaired) electrons. The van der Waals surface area contributed by atoms with E-state index in [-0.39, 0.29) is 5.41 Å². The molecule has 0 aliphatic rings. The smallest absolute Gasteiger partial charge is 0.0208 e. The lowest BCUT2D eigenvalue weighted by molar-refractivity contribution is 0.531. The van der Waals surface area contributed by atoms with E-state index >= 15 is 0 Å². The Morgan fingerprint density at radius 2 is 1.63 bits per heavy atom. The van der Waals surface area contributed by atoms with Gasteiger partial charge < -0.3 is 10.6 Å². The molecule has 0 atom stereocenters. The van der Waals surface area contributed by atoms with E-state index in [4.69, 9.17) is 0 Å². The Labute approximate surface area is 119 Å². The minimum Gasteiger partial charge on any atom is -0.315 e. The Kier molecular flexibility index (Phi) is 6.53. The van der Waals surface area contributed by atoms with Crippen LogP contribution in [-0.4, -0.2) is 19.6 Å². The number of hydrogen-bond acceptors (Lipinski definition) is 2.